The van der Waals surface area contributed by atoms with Gasteiger partial charge in [0.25, 0.3) is 0 Å². The minimum atomic E-state index is -0.691. The van der Waals surface area contributed by atoms with Gasteiger partial charge < -0.3 is 21.1 Å². The number of carbonyl (C=O) groups excluding carboxylic acids is 2. The molecule has 0 aliphatic carbocycles. The monoisotopic (exact) mass is 421 g/mol. The van der Waals surface area contributed by atoms with E-state index in [9.17, 15) is 14.0 Å². The second kappa shape index (κ2) is 10.3. The summed E-state index contributed by atoms with van der Waals surface area (Å²) in [6, 6.07) is 13.3. The molecular weight excluding hydrogens is 397 g/mol. The SMILES string of the molecule is Cl.NCC1(C(=O)Nc2ccc(F)c(NC(=O)Cc3ccccc3)c2)CCOCC1. The van der Waals surface area contributed by atoms with Crippen LogP contribution in [-0.4, -0.2) is 31.6 Å². The average molecular weight is 422 g/mol. The molecule has 29 heavy (non-hydrogen) atoms. The van der Waals surface area contributed by atoms with Crippen molar-refractivity contribution in [1.82, 2.24) is 0 Å². The van der Waals surface area contributed by atoms with Gasteiger partial charge in [0, 0.05) is 25.4 Å². The largest absolute Gasteiger partial charge is 0.381 e. The molecule has 2 aromatic carbocycles. The Morgan fingerprint density at radius 2 is 1.76 bits per heavy atom. The first-order valence-electron chi connectivity index (χ1n) is 9.25. The van der Waals surface area contributed by atoms with Crippen molar-refractivity contribution in [2.45, 2.75) is 19.3 Å². The maximum absolute atomic E-state index is 14.1. The Labute approximate surface area is 175 Å². The molecule has 6 nitrogen and oxygen atoms in total. The Morgan fingerprint density at radius 3 is 2.41 bits per heavy atom. The van der Waals surface area contributed by atoms with Crippen LogP contribution in [0.5, 0.6) is 0 Å². The van der Waals surface area contributed by atoms with Crippen LogP contribution in [-0.2, 0) is 20.7 Å². The molecule has 1 heterocycles. The normalized spacial score (nSPS) is 15.1. The van der Waals surface area contributed by atoms with Crippen LogP contribution in [0.25, 0.3) is 0 Å². The number of nitrogens with one attached hydrogen (secondary N) is 2. The van der Waals surface area contributed by atoms with E-state index in [0.29, 0.717) is 31.7 Å². The van der Waals surface area contributed by atoms with Crippen LogP contribution in [0.15, 0.2) is 48.5 Å². The van der Waals surface area contributed by atoms with E-state index in [1.165, 1.54) is 18.2 Å². The predicted octanol–water partition coefficient (Wildman–Crippen LogP) is 3.12. The Bertz CT molecular complexity index is 842. The number of hydrogen-bond donors (Lipinski definition) is 3. The van der Waals surface area contributed by atoms with E-state index >= 15 is 0 Å². The minimum Gasteiger partial charge on any atom is -0.381 e. The van der Waals surface area contributed by atoms with Gasteiger partial charge in [0.2, 0.25) is 11.8 Å². The van der Waals surface area contributed by atoms with Crippen molar-refractivity contribution < 1.29 is 18.7 Å². The number of amides is 2. The number of rotatable bonds is 6. The van der Waals surface area contributed by atoms with Gasteiger partial charge in [-0.15, -0.1) is 12.4 Å². The summed E-state index contributed by atoms with van der Waals surface area (Å²) in [5.41, 5.74) is 6.41. The maximum atomic E-state index is 14.1. The van der Waals surface area contributed by atoms with Gasteiger partial charge >= 0.3 is 0 Å². The molecule has 1 fully saturated rings. The second-order valence-corrected chi connectivity index (χ2v) is 6.96. The van der Waals surface area contributed by atoms with Gasteiger partial charge in [-0.1, -0.05) is 30.3 Å². The fraction of sp³-hybridized carbons (Fsp3) is 0.333. The van der Waals surface area contributed by atoms with Crippen molar-refractivity contribution >= 4 is 35.6 Å². The highest BCUT2D eigenvalue weighted by Crippen LogP contribution is 2.31. The molecule has 2 aromatic rings. The van der Waals surface area contributed by atoms with Crippen molar-refractivity contribution in [3.05, 3.63) is 59.9 Å². The van der Waals surface area contributed by atoms with Crippen molar-refractivity contribution in [3.63, 3.8) is 0 Å². The standard InChI is InChI=1S/C21H24FN3O3.ClH/c22-17-7-6-16(24-20(27)21(14-23)8-10-28-11-9-21)13-18(17)25-19(26)12-15-4-2-1-3-5-15;/h1-7,13H,8-12,14,23H2,(H,24,27)(H,25,26);1H. The molecular formula is C21H25ClFN3O3. The second-order valence-electron chi connectivity index (χ2n) is 6.96. The fourth-order valence-electron chi connectivity index (χ4n) is 3.22. The van der Waals surface area contributed by atoms with Crippen LogP contribution in [0.1, 0.15) is 18.4 Å². The zero-order valence-corrected chi connectivity index (χ0v) is 16.8. The molecule has 156 valence electrons. The van der Waals surface area contributed by atoms with Gasteiger partial charge in [-0.05, 0) is 36.6 Å². The molecule has 0 radical (unpaired) electrons. The Kier molecular flexibility index (Phi) is 8.13. The molecule has 0 spiro atoms. The lowest BCUT2D eigenvalue weighted by Crippen LogP contribution is -2.46. The molecule has 0 saturated carbocycles. The third kappa shape index (κ3) is 5.76. The quantitative estimate of drug-likeness (QED) is 0.668. The Balaban J connectivity index is 0.00000300. The third-order valence-corrected chi connectivity index (χ3v) is 5.03. The molecule has 0 bridgehead atoms. The number of nitrogens with two attached hydrogens (primary N) is 1. The first-order chi connectivity index (χ1) is 13.5. The summed E-state index contributed by atoms with van der Waals surface area (Å²) in [4.78, 5) is 25.0. The van der Waals surface area contributed by atoms with Gasteiger partial charge in [0.1, 0.15) is 5.82 Å². The van der Waals surface area contributed by atoms with Crippen LogP contribution in [0.4, 0.5) is 15.8 Å². The van der Waals surface area contributed by atoms with E-state index in [1.54, 1.807) is 0 Å². The number of ether oxygens (including phenoxy) is 1. The zero-order chi connectivity index (χ0) is 20.0. The molecule has 0 unspecified atom stereocenters. The summed E-state index contributed by atoms with van der Waals surface area (Å²) in [5, 5.41) is 5.37. The predicted molar refractivity (Wildman–Crippen MR) is 113 cm³/mol. The highest BCUT2D eigenvalue weighted by atomic mass is 35.5. The van der Waals surface area contributed by atoms with Crippen molar-refractivity contribution in [2.75, 3.05) is 30.4 Å². The summed E-state index contributed by atoms with van der Waals surface area (Å²) in [5.74, 6) is -1.12. The van der Waals surface area contributed by atoms with Gasteiger partial charge in [-0.25, -0.2) is 4.39 Å². The third-order valence-electron chi connectivity index (χ3n) is 5.03. The Morgan fingerprint density at radius 1 is 1.07 bits per heavy atom. The lowest BCUT2D eigenvalue weighted by Gasteiger charge is -2.34. The van der Waals surface area contributed by atoms with Gasteiger partial charge in [-0.3, -0.25) is 9.59 Å². The first-order valence-corrected chi connectivity index (χ1v) is 9.25. The van der Waals surface area contributed by atoms with Crippen LogP contribution in [0, 0.1) is 11.2 Å². The number of anilines is 2. The van der Waals surface area contributed by atoms with Crippen molar-refractivity contribution in [3.8, 4) is 0 Å². The van der Waals surface area contributed by atoms with E-state index < -0.39 is 11.2 Å². The van der Waals surface area contributed by atoms with E-state index in [-0.39, 0.29) is 42.9 Å². The summed E-state index contributed by atoms with van der Waals surface area (Å²) < 4.78 is 19.5. The summed E-state index contributed by atoms with van der Waals surface area (Å²) in [6.45, 7) is 1.17. The van der Waals surface area contributed by atoms with Crippen LogP contribution >= 0.6 is 12.4 Å². The summed E-state index contributed by atoms with van der Waals surface area (Å²) >= 11 is 0. The number of halogens is 2. The zero-order valence-electron chi connectivity index (χ0n) is 15.9. The molecule has 0 atom stereocenters. The molecule has 2 amide bonds. The van der Waals surface area contributed by atoms with Gasteiger partial charge in [-0.2, -0.15) is 0 Å². The molecule has 0 aromatic heterocycles. The molecule has 1 aliphatic heterocycles. The smallest absolute Gasteiger partial charge is 0.232 e. The minimum absolute atomic E-state index is 0. The molecule has 8 heteroatoms. The molecule has 4 N–H and O–H groups in total. The maximum Gasteiger partial charge on any atom is 0.232 e. The van der Waals surface area contributed by atoms with Crippen molar-refractivity contribution in [2.24, 2.45) is 11.1 Å². The van der Waals surface area contributed by atoms with Gasteiger partial charge in [0.05, 0.1) is 17.5 Å². The lowest BCUT2D eigenvalue weighted by molar-refractivity contribution is -0.130. The highest BCUT2D eigenvalue weighted by Gasteiger charge is 2.38. The van der Waals surface area contributed by atoms with Crippen LogP contribution in [0.3, 0.4) is 0 Å². The first kappa shape index (κ1) is 22.8. The van der Waals surface area contributed by atoms with E-state index in [0.717, 1.165) is 5.56 Å². The van der Waals surface area contributed by atoms with E-state index in [1.807, 2.05) is 30.3 Å². The molecule has 1 aliphatic rings. The van der Waals surface area contributed by atoms with E-state index in [4.69, 9.17) is 10.5 Å². The highest BCUT2D eigenvalue weighted by molar-refractivity contribution is 5.97. The van der Waals surface area contributed by atoms with Crippen molar-refractivity contribution in [1.29, 1.82) is 0 Å². The summed E-state index contributed by atoms with van der Waals surface area (Å²) in [7, 11) is 0. The molecule has 1 saturated heterocycles. The fourth-order valence-corrected chi connectivity index (χ4v) is 3.22. The van der Waals surface area contributed by atoms with Crippen LogP contribution < -0.4 is 16.4 Å². The summed E-state index contributed by atoms with van der Waals surface area (Å²) in [6.07, 6.45) is 1.21. The number of carbonyl (C=O) groups is 2. The number of benzene rings is 2. The topological polar surface area (TPSA) is 93.5 Å². The average Bonchev–Trinajstić information content (AvgIpc) is 2.71. The van der Waals surface area contributed by atoms with Crippen LogP contribution in [0.2, 0.25) is 0 Å². The Hall–Kier alpha value is -2.48. The van der Waals surface area contributed by atoms with E-state index in [2.05, 4.69) is 10.6 Å². The lowest BCUT2D eigenvalue weighted by atomic mass is 9.79. The number of hydrogen-bond acceptors (Lipinski definition) is 4. The molecule has 3 rings (SSSR count). The van der Waals surface area contributed by atoms with Gasteiger partial charge in [0.15, 0.2) is 0 Å².